The summed E-state index contributed by atoms with van der Waals surface area (Å²) < 4.78 is 0. The number of hydrogen-bond acceptors (Lipinski definition) is 4. The van der Waals surface area contributed by atoms with E-state index < -0.39 is 0 Å². The predicted octanol–water partition coefficient (Wildman–Crippen LogP) is 3.60. The van der Waals surface area contributed by atoms with Crippen LogP contribution < -0.4 is 27.0 Å². The molecule has 184 valence electrons. The lowest BCUT2D eigenvalue weighted by molar-refractivity contribution is -0.123. The summed E-state index contributed by atoms with van der Waals surface area (Å²) in [5.74, 6) is -0.0228. The van der Waals surface area contributed by atoms with E-state index in [-0.39, 0.29) is 18.0 Å². The van der Waals surface area contributed by atoms with Crippen LogP contribution in [0.25, 0.3) is 0 Å². The van der Waals surface area contributed by atoms with Gasteiger partial charge in [-0.3, -0.25) is 4.79 Å². The van der Waals surface area contributed by atoms with Crippen molar-refractivity contribution < 1.29 is 4.79 Å². The summed E-state index contributed by atoms with van der Waals surface area (Å²) in [7, 11) is 0. The summed E-state index contributed by atoms with van der Waals surface area (Å²) in [5.41, 5.74) is 8.96. The van der Waals surface area contributed by atoms with E-state index in [4.69, 9.17) is 18.0 Å². The normalized spacial score (nSPS) is 12.4. The smallest absolute Gasteiger partial charge is 0.237 e. The van der Waals surface area contributed by atoms with Gasteiger partial charge in [-0.2, -0.15) is 0 Å². The summed E-state index contributed by atoms with van der Waals surface area (Å²) in [5, 5.41) is 13.7. The van der Waals surface area contributed by atoms with Gasteiger partial charge < -0.3 is 27.0 Å². The first-order valence-electron chi connectivity index (χ1n) is 12.1. The molecule has 3 aromatic carbocycles. The molecule has 0 spiro atoms. The van der Waals surface area contributed by atoms with Crippen molar-refractivity contribution in [1.29, 1.82) is 0 Å². The van der Waals surface area contributed by atoms with E-state index in [1.54, 1.807) is 0 Å². The fraction of sp³-hybridized carbons (Fsp3) is 0.286. The summed E-state index contributed by atoms with van der Waals surface area (Å²) in [4.78, 5) is 13.1. The lowest BCUT2D eigenvalue weighted by atomic mass is 10.0. The Kier molecular flexibility index (Phi) is 11.2. The number of thiocarbonyl (C=S) groups is 1. The number of benzene rings is 3. The monoisotopic (exact) mass is 489 g/mol. The second-order valence-corrected chi connectivity index (χ2v) is 8.85. The molecule has 7 heteroatoms. The maximum absolute atomic E-state index is 13.1. The van der Waals surface area contributed by atoms with Crippen LogP contribution in [0.3, 0.4) is 0 Å². The molecule has 1 amide bonds. The maximum Gasteiger partial charge on any atom is 0.237 e. The van der Waals surface area contributed by atoms with E-state index in [0.29, 0.717) is 31.2 Å². The number of nitrogens with one attached hydrogen (secondary N) is 4. The van der Waals surface area contributed by atoms with Gasteiger partial charge >= 0.3 is 0 Å². The van der Waals surface area contributed by atoms with E-state index >= 15 is 0 Å². The Labute approximate surface area is 213 Å². The second-order valence-electron chi connectivity index (χ2n) is 8.44. The van der Waals surface area contributed by atoms with Gasteiger partial charge in [-0.05, 0) is 61.3 Å². The summed E-state index contributed by atoms with van der Waals surface area (Å²) in [6, 6.07) is 29.6. The standard InChI is InChI=1S/C28H35N5OS/c29-18-10-17-26(27(34)30-20-23-13-6-2-7-14-23)32-25(19-22-11-4-1-5-12-22)21-31-28(35)33-24-15-8-3-9-16-24/h1-9,11-16,25-26,32H,10,17-21,29H2,(H,30,34)(H2,31,33,35)/t25-,26+/m1/s1. The van der Waals surface area contributed by atoms with Crippen LogP contribution in [0.5, 0.6) is 0 Å². The van der Waals surface area contributed by atoms with Crippen LogP contribution in [0.4, 0.5) is 5.69 Å². The molecule has 0 fully saturated rings. The van der Waals surface area contributed by atoms with Gasteiger partial charge in [0.05, 0.1) is 6.04 Å². The SMILES string of the molecule is NCCC[C@H](N[C@@H](CNC(=S)Nc1ccccc1)Cc1ccccc1)C(=O)NCc1ccccc1. The number of carbonyl (C=O) groups excluding carboxylic acids is 1. The molecule has 0 saturated heterocycles. The Hall–Kier alpha value is -3.26. The van der Waals surface area contributed by atoms with Gasteiger partial charge in [0.15, 0.2) is 5.11 Å². The van der Waals surface area contributed by atoms with E-state index in [1.165, 1.54) is 5.56 Å². The fourth-order valence-electron chi connectivity index (χ4n) is 3.81. The molecule has 0 bridgehead atoms. The molecule has 3 rings (SSSR count). The van der Waals surface area contributed by atoms with Gasteiger partial charge in [0.1, 0.15) is 0 Å². The first kappa shape index (κ1) is 26.3. The van der Waals surface area contributed by atoms with Crippen molar-refractivity contribution in [2.24, 2.45) is 5.73 Å². The largest absolute Gasteiger partial charge is 0.361 e. The molecule has 0 radical (unpaired) electrons. The molecule has 35 heavy (non-hydrogen) atoms. The Morgan fingerprint density at radius 2 is 1.43 bits per heavy atom. The highest BCUT2D eigenvalue weighted by Gasteiger charge is 2.22. The maximum atomic E-state index is 13.1. The Morgan fingerprint density at radius 1 is 0.829 bits per heavy atom. The number of anilines is 1. The Balaban J connectivity index is 1.64. The molecule has 2 atom stereocenters. The second kappa shape index (κ2) is 14.9. The lowest BCUT2D eigenvalue weighted by Gasteiger charge is -2.26. The molecule has 3 aromatic rings. The number of para-hydroxylation sites is 1. The Bertz CT molecular complexity index is 1020. The van der Waals surface area contributed by atoms with E-state index in [2.05, 4.69) is 33.4 Å². The molecule has 0 unspecified atom stereocenters. The number of hydrogen-bond donors (Lipinski definition) is 5. The minimum Gasteiger partial charge on any atom is -0.361 e. The number of carbonyl (C=O) groups is 1. The Morgan fingerprint density at radius 3 is 2.06 bits per heavy atom. The molecule has 0 aliphatic carbocycles. The summed E-state index contributed by atoms with van der Waals surface area (Å²) >= 11 is 5.50. The molecule has 0 heterocycles. The lowest BCUT2D eigenvalue weighted by Crippen LogP contribution is -2.52. The van der Waals surface area contributed by atoms with Crippen molar-refractivity contribution in [3.8, 4) is 0 Å². The van der Waals surface area contributed by atoms with Gasteiger partial charge in [-0.15, -0.1) is 0 Å². The van der Waals surface area contributed by atoms with Crippen molar-refractivity contribution in [1.82, 2.24) is 16.0 Å². The number of nitrogens with two attached hydrogens (primary N) is 1. The highest BCUT2D eigenvalue weighted by molar-refractivity contribution is 7.80. The highest BCUT2D eigenvalue weighted by Crippen LogP contribution is 2.08. The zero-order chi connectivity index (χ0) is 24.7. The van der Waals surface area contributed by atoms with E-state index in [0.717, 1.165) is 24.1 Å². The molecule has 0 aliphatic heterocycles. The molecular weight excluding hydrogens is 454 g/mol. The molecule has 0 aliphatic rings. The van der Waals surface area contributed by atoms with Crippen LogP contribution in [0.1, 0.15) is 24.0 Å². The number of rotatable bonds is 13. The first-order chi connectivity index (χ1) is 17.1. The predicted molar refractivity (Wildman–Crippen MR) is 148 cm³/mol. The van der Waals surface area contributed by atoms with Crippen LogP contribution >= 0.6 is 12.2 Å². The van der Waals surface area contributed by atoms with Gasteiger partial charge in [0.2, 0.25) is 5.91 Å². The minimum atomic E-state index is -0.353. The summed E-state index contributed by atoms with van der Waals surface area (Å²) in [6.45, 7) is 1.60. The average molecular weight is 490 g/mol. The third-order valence-electron chi connectivity index (χ3n) is 5.63. The number of amides is 1. The molecule has 0 aromatic heterocycles. The van der Waals surface area contributed by atoms with Gasteiger partial charge in [0, 0.05) is 24.8 Å². The van der Waals surface area contributed by atoms with Crippen molar-refractivity contribution in [2.75, 3.05) is 18.4 Å². The van der Waals surface area contributed by atoms with Gasteiger partial charge in [-0.25, -0.2) is 0 Å². The molecule has 6 N–H and O–H groups in total. The third-order valence-corrected chi connectivity index (χ3v) is 5.87. The topological polar surface area (TPSA) is 91.2 Å². The van der Waals surface area contributed by atoms with Crippen molar-refractivity contribution >= 4 is 28.9 Å². The van der Waals surface area contributed by atoms with Crippen LogP contribution in [-0.4, -0.2) is 36.2 Å². The third kappa shape index (κ3) is 9.86. The average Bonchev–Trinajstić information content (AvgIpc) is 2.90. The molecular formula is C28H35N5OS. The first-order valence-corrected chi connectivity index (χ1v) is 12.5. The molecule has 0 saturated carbocycles. The van der Waals surface area contributed by atoms with Crippen LogP contribution in [-0.2, 0) is 17.8 Å². The molecule has 6 nitrogen and oxygen atoms in total. The van der Waals surface area contributed by atoms with E-state index in [9.17, 15) is 4.79 Å². The van der Waals surface area contributed by atoms with Crippen LogP contribution in [0.2, 0.25) is 0 Å². The van der Waals surface area contributed by atoms with E-state index in [1.807, 2.05) is 78.9 Å². The fourth-order valence-corrected chi connectivity index (χ4v) is 4.01. The van der Waals surface area contributed by atoms with Crippen LogP contribution in [0.15, 0.2) is 91.0 Å². The van der Waals surface area contributed by atoms with Crippen molar-refractivity contribution in [3.63, 3.8) is 0 Å². The van der Waals surface area contributed by atoms with Crippen molar-refractivity contribution in [3.05, 3.63) is 102 Å². The minimum absolute atomic E-state index is 0.0156. The van der Waals surface area contributed by atoms with Gasteiger partial charge in [0.25, 0.3) is 0 Å². The summed E-state index contributed by atoms with van der Waals surface area (Å²) in [6.07, 6.45) is 2.18. The quantitative estimate of drug-likeness (QED) is 0.236. The van der Waals surface area contributed by atoms with Crippen LogP contribution in [0, 0.1) is 0 Å². The van der Waals surface area contributed by atoms with Crippen molar-refractivity contribution in [2.45, 2.75) is 37.9 Å². The van der Waals surface area contributed by atoms with Gasteiger partial charge in [-0.1, -0.05) is 78.9 Å². The zero-order valence-electron chi connectivity index (χ0n) is 20.0. The highest BCUT2D eigenvalue weighted by atomic mass is 32.1. The zero-order valence-corrected chi connectivity index (χ0v) is 20.8.